The summed E-state index contributed by atoms with van der Waals surface area (Å²) in [7, 11) is 0. The number of hydrogen-bond acceptors (Lipinski definition) is 8. The van der Waals surface area contributed by atoms with E-state index in [1.807, 2.05) is 60.7 Å². The van der Waals surface area contributed by atoms with E-state index in [2.05, 4.69) is 25.4 Å². The highest BCUT2D eigenvalue weighted by molar-refractivity contribution is 5.76. The molecular formula is C22H14N6O3. The van der Waals surface area contributed by atoms with Crippen molar-refractivity contribution in [3.63, 3.8) is 0 Å². The second kappa shape index (κ2) is 7.06. The predicted molar refractivity (Wildman–Crippen MR) is 109 cm³/mol. The molecule has 0 unspecified atom stereocenters. The fraction of sp³-hybridized carbons (Fsp3) is 0.0455. The molecule has 2 aromatic carbocycles. The van der Waals surface area contributed by atoms with Crippen LogP contribution in [0.2, 0.25) is 0 Å². The maximum absolute atomic E-state index is 5.52. The Morgan fingerprint density at radius 3 is 2.55 bits per heavy atom. The Balaban J connectivity index is 1.46. The van der Waals surface area contributed by atoms with E-state index in [1.165, 1.54) is 0 Å². The van der Waals surface area contributed by atoms with Crippen LogP contribution in [0.25, 0.3) is 39.9 Å². The van der Waals surface area contributed by atoms with Gasteiger partial charge in [-0.3, -0.25) is 4.98 Å². The molecule has 0 fully saturated rings. The first-order valence-electron chi connectivity index (χ1n) is 9.52. The molecule has 6 rings (SSSR count). The van der Waals surface area contributed by atoms with Crippen molar-refractivity contribution in [2.75, 3.05) is 6.79 Å². The molecule has 0 aliphatic carbocycles. The Bertz CT molecular complexity index is 1360. The normalized spacial score (nSPS) is 12.3. The molecular weight excluding hydrogens is 396 g/mol. The summed E-state index contributed by atoms with van der Waals surface area (Å²) < 4.78 is 18.1. The van der Waals surface area contributed by atoms with Gasteiger partial charge in [-0.1, -0.05) is 28.6 Å². The van der Waals surface area contributed by atoms with Crippen molar-refractivity contribution in [3.8, 4) is 51.4 Å². The summed E-state index contributed by atoms with van der Waals surface area (Å²) in [5.74, 6) is 2.02. The van der Waals surface area contributed by atoms with Crippen LogP contribution >= 0.6 is 0 Å². The molecule has 0 saturated heterocycles. The van der Waals surface area contributed by atoms with E-state index in [4.69, 9.17) is 14.0 Å². The van der Waals surface area contributed by atoms with Crippen molar-refractivity contribution in [2.45, 2.75) is 0 Å². The van der Waals surface area contributed by atoms with Gasteiger partial charge < -0.3 is 14.0 Å². The lowest BCUT2D eigenvalue weighted by atomic mass is 10.1. The van der Waals surface area contributed by atoms with Crippen molar-refractivity contribution >= 4 is 0 Å². The van der Waals surface area contributed by atoms with Gasteiger partial charge in [0.05, 0.1) is 5.69 Å². The second-order valence-corrected chi connectivity index (χ2v) is 6.76. The van der Waals surface area contributed by atoms with Gasteiger partial charge in [0, 0.05) is 23.5 Å². The number of benzene rings is 2. The Morgan fingerprint density at radius 2 is 1.68 bits per heavy atom. The predicted octanol–water partition coefficient (Wildman–Crippen LogP) is 3.78. The zero-order valence-electron chi connectivity index (χ0n) is 16.0. The fourth-order valence-electron chi connectivity index (χ4n) is 3.42. The lowest BCUT2D eigenvalue weighted by Gasteiger charge is -2.07. The van der Waals surface area contributed by atoms with Crippen molar-refractivity contribution in [3.05, 3.63) is 73.1 Å². The molecule has 0 bridgehead atoms. The molecule has 9 nitrogen and oxygen atoms in total. The zero-order valence-corrected chi connectivity index (χ0v) is 16.0. The highest BCUT2D eigenvalue weighted by Crippen LogP contribution is 2.36. The Kier molecular flexibility index (Phi) is 3.95. The molecule has 5 aromatic rings. The average Bonchev–Trinajstić information content (AvgIpc) is 3.58. The number of ether oxygens (including phenoxy) is 2. The minimum absolute atomic E-state index is 0.200. The first-order chi connectivity index (χ1) is 15.4. The molecule has 3 aromatic heterocycles. The van der Waals surface area contributed by atoms with E-state index < -0.39 is 0 Å². The van der Waals surface area contributed by atoms with Crippen molar-refractivity contribution in [2.24, 2.45) is 0 Å². The first kappa shape index (κ1) is 17.3. The number of fused-ring (bicyclic) bond motifs is 1. The second-order valence-electron chi connectivity index (χ2n) is 6.76. The lowest BCUT2D eigenvalue weighted by Crippen LogP contribution is -1.99. The largest absolute Gasteiger partial charge is 0.454 e. The maximum atomic E-state index is 5.52. The summed E-state index contributed by atoms with van der Waals surface area (Å²) in [6.07, 6.45) is 3.44. The van der Waals surface area contributed by atoms with Crippen molar-refractivity contribution < 1.29 is 14.0 Å². The quantitative estimate of drug-likeness (QED) is 0.441. The SMILES string of the molecule is c1ccc(-n2nnc(-c3noc(-c4ccc5c(c4)OCO5)n3)c2-c2ccncc2)cc1. The number of aromatic nitrogens is 6. The smallest absolute Gasteiger partial charge is 0.258 e. The molecule has 0 radical (unpaired) electrons. The summed E-state index contributed by atoms with van der Waals surface area (Å²) in [6, 6.07) is 19.0. The van der Waals surface area contributed by atoms with Gasteiger partial charge in [-0.05, 0) is 42.5 Å². The minimum atomic E-state index is 0.200. The third-order valence-corrected chi connectivity index (χ3v) is 4.88. The summed E-state index contributed by atoms with van der Waals surface area (Å²) >= 11 is 0. The Labute approximate surface area is 175 Å². The molecule has 4 heterocycles. The average molecular weight is 410 g/mol. The van der Waals surface area contributed by atoms with E-state index in [0.717, 1.165) is 22.5 Å². The molecule has 1 aliphatic heterocycles. The van der Waals surface area contributed by atoms with Crippen LogP contribution in [0.15, 0.2) is 77.6 Å². The summed E-state index contributed by atoms with van der Waals surface area (Å²) in [6.45, 7) is 0.200. The van der Waals surface area contributed by atoms with Gasteiger partial charge in [0.2, 0.25) is 12.6 Å². The standard InChI is InChI=1S/C22H14N6O3/c1-2-4-16(5-3-1)28-20(14-8-10-23-11-9-14)19(25-27-28)21-24-22(31-26-21)15-6-7-17-18(12-15)30-13-29-17/h1-12H,13H2. The van der Waals surface area contributed by atoms with Gasteiger partial charge in [-0.2, -0.15) is 4.98 Å². The summed E-state index contributed by atoms with van der Waals surface area (Å²) in [5.41, 5.74) is 3.72. The van der Waals surface area contributed by atoms with Crippen LogP contribution in [0, 0.1) is 0 Å². The number of rotatable bonds is 4. The lowest BCUT2D eigenvalue weighted by molar-refractivity contribution is 0.174. The highest BCUT2D eigenvalue weighted by Gasteiger charge is 2.23. The van der Waals surface area contributed by atoms with Crippen LogP contribution in [0.1, 0.15) is 0 Å². The van der Waals surface area contributed by atoms with Gasteiger partial charge in [-0.15, -0.1) is 5.10 Å². The maximum Gasteiger partial charge on any atom is 0.258 e. The van der Waals surface area contributed by atoms with Crippen molar-refractivity contribution in [1.29, 1.82) is 0 Å². The third-order valence-electron chi connectivity index (χ3n) is 4.88. The first-order valence-corrected chi connectivity index (χ1v) is 9.52. The van der Waals surface area contributed by atoms with Gasteiger partial charge >= 0.3 is 0 Å². The van der Waals surface area contributed by atoms with Gasteiger partial charge in [-0.25, -0.2) is 4.68 Å². The van der Waals surface area contributed by atoms with E-state index >= 15 is 0 Å². The Hall–Kier alpha value is -4.53. The molecule has 0 N–H and O–H groups in total. The number of hydrogen-bond donors (Lipinski definition) is 0. The molecule has 31 heavy (non-hydrogen) atoms. The molecule has 0 amide bonds. The fourth-order valence-corrected chi connectivity index (χ4v) is 3.42. The Morgan fingerprint density at radius 1 is 0.839 bits per heavy atom. The summed E-state index contributed by atoms with van der Waals surface area (Å²) in [5, 5.41) is 12.9. The van der Waals surface area contributed by atoms with Gasteiger partial charge in [0.15, 0.2) is 17.2 Å². The molecule has 1 aliphatic rings. The van der Waals surface area contributed by atoms with E-state index in [0.29, 0.717) is 28.9 Å². The minimum Gasteiger partial charge on any atom is -0.454 e. The summed E-state index contributed by atoms with van der Waals surface area (Å²) in [4.78, 5) is 8.67. The number of para-hydroxylation sites is 1. The molecule has 9 heteroatoms. The molecule has 0 atom stereocenters. The highest BCUT2D eigenvalue weighted by atomic mass is 16.7. The van der Waals surface area contributed by atoms with Crippen LogP contribution in [0.4, 0.5) is 0 Å². The van der Waals surface area contributed by atoms with Crippen LogP contribution in [0.5, 0.6) is 11.5 Å². The van der Waals surface area contributed by atoms with Crippen LogP contribution in [0.3, 0.4) is 0 Å². The van der Waals surface area contributed by atoms with E-state index in [1.54, 1.807) is 17.1 Å². The number of nitrogens with zero attached hydrogens (tertiary/aromatic N) is 6. The van der Waals surface area contributed by atoms with Crippen LogP contribution in [-0.2, 0) is 0 Å². The zero-order chi connectivity index (χ0) is 20.6. The van der Waals surface area contributed by atoms with Crippen LogP contribution < -0.4 is 9.47 Å². The van der Waals surface area contributed by atoms with Gasteiger partial charge in [0.1, 0.15) is 5.69 Å². The topological polar surface area (TPSA) is 101 Å². The van der Waals surface area contributed by atoms with E-state index in [9.17, 15) is 0 Å². The molecule has 0 saturated carbocycles. The van der Waals surface area contributed by atoms with Crippen molar-refractivity contribution in [1.82, 2.24) is 30.1 Å². The third kappa shape index (κ3) is 2.99. The van der Waals surface area contributed by atoms with Gasteiger partial charge in [0.25, 0.3) is 5.89 Å². The van der Waals surface area contributed by atoms with E-state index in [-0.39, 0.29) is 6.79 Å². The molecule has 150 valence electrons. The number of pyridine rings is 1. The monoisotopic (exact) mass is 410 g/mol. The molecule has 0 spiro atoms. The van der Waals surface area contributed by atoms with Crippen LogP contribution in [-0.4, -0.2) is 36.9 Å².